The molecule has 3 aromatic rings. The molecule has 0 saturated carbocycles. The van der Waals surface area contributed by atoms with Crippen LogP contribution in [0.4, 0.5) is 22.0 Å². The summed E-state index contributed by atoms with van der Waals surface area (Å²) in [5.74, 6) is -6.68. The van der Waals surface area contributed by atoms with Crippen molar-refractivity contribution in [2.45, 2.75) is 37.6 Å². The van der Waals surface area contributed by atoms with Gasteiger partial charge in [-0.1, -0.05) is 24.6 Å². The zero-order chi connectivity index (χ0) is 25.9. The second kappa shape index (κ2) is 8.60. The zero-order valence-corrected chi connectivity index (χ0v) is 19.3. The summed E-state index contributed by atoms with van der Waals surface area (Å²) in [7, 11) is 1.09. The minimum Gasteiger partial charge on any atom is -0.493 e. The first-order chi connectivity index (χ1) is 16.3. The average Bonchev–Trinajstić information content (AvgIpc) is 3.07. The van der Waals surface area contributed by atoms with Crippen molar-refractivity contribution in [1.29, 1.82) is 0 Å². The van der Waals surface area contributed by atoms with Crippen molar-refractivity contribution in [2.75, 3.05) is 7.11 Å². The highest BCUT2D eigenvalue weighted by Crippen LogP contribution is 2.59. The standard InChI is InChI=1S/C24H19ClF5NO4/c1-10-18(12-5-6-15(26)19(27)20(12)34-3)21(35-23(10,2)24(28,29)30)17-9-14(25)13-8-11(22(32)33)4-7-16(13)31-17/h4-10,18,21H,1-3H3,(H,32,33)/t10-,18-,21-,23+/m0/s1. The Morgan fingerprint density at radius 3 is 2.49 bits per heavy atom. The number of ether oxygens (including phenoxy) is 2. The van der Waals surface area contributed by atoms with Crippen molar-refractivity contribution < 1.29 is 41.3 Å². The van der Waals surface area contributed by atoms with Gasteiger partial charge in [0.25, 0.3) is 0 Å². The van der Waals surface area contributed by atoms with Crippen LogP contribution in [0, 0.1) is 17.6 Å². The predicted molar refractivity (Wildman–Crippen MR) is 117 cm³/mol. The van der Waals surface area contributed by atoms with E-state index in [0.29, 0.717) is 0 Å². The molecule has 0 bridgehead atoms. The van der Waals surface area contributed by atoms with E-state index < -0.39 is 53.1 Å². The number of pyridine rings is 1. The number of carboxylic acid groups (broad SMARTS) is 1. The normalized spacial score (nSPS) is 24.7. The Labute approximate surface area is 201 Å². The average molecular weight is 516 g/mol. The molecule has 1 N–H and O–H groups in total. The fourth-order valence-electron chi connectivity index (χ4n) is 4.55. The highest BCUT2D eigenvalue weighted by atomic mass is 35.5. The van der Waals surface area contributed by atoms with Gasteiger partial charge in [0.2, 0.25) is 5.82 Å². The van der Waals surface area contributed by atoms with E-state index in [9.17, 15) is 31.9 Å². The monoisotopic (exact) mass is 515 g/mol. The lowest BCUT2D eigenvalue weighted by atomic mass is 9.76. The van der Waals surface area contributed by atoms with Crippen LogP contribution in [-0.2, 0) is 4.74 Å². The smallest absolute Gasteiger partial charge is 0.417 e. The van der Waals surface area contributed by atoms with Crippen molar-refractivity contribution >= 4 is 28.5 Å². The number of aromatic nitrogens is 1. The van der Waals surface area contributed by atoms with Gasteiger partial charge < -0.3 is 14.6 Å². The Morgan fingerprint density at radius 1 is 1.20 bits per heavy atom. The number of methoxy groups -OCH3 is 1. The number of fused-ring (bicyclic) bond motifs is 1. The molecule has 0 aliphatic carbocycles. The van der Waals surface area contributed by atoms with Gasteiger partial charge in [0, 0.05) is 22.8 Å². The Morgan fingerprint density at radius 2 is 1.89 bits per heavy atom. The molecule has 0 spiro atoms. The topological polar surface area (TPSA) is 68.7 Å². The predicted octanol–water partition coefficient (Wildman–Crippen LogP) is 6.69. The van der Waals surface area contributed by atoms with Crippen LogP contribution in [0.25, 0.3) is 10.9 Å². The van der Waals surface area contributed by atoms with Gasteiger partial charge in [-0.25, -0.2) is 14.2 Å². The SMILES string of the molecule is COc1c([C@H]2[C@H](c3cc(Cl)c4cc(C(=O)O)ccc4n3)O[C@@](C)(C(F)(F)F)[C@H]2C)ccc(F)c1F. The Hall–Kier alpha value is -2.98. The van der Waals surface area contributed by atoms with Crippen molar-refractivity contribution in [3.05, 3.63) is 69.9 Å². The van der Waals surface area contributed by atoms with E-state index in [4.69, 9.17) is 21.1 Å². The van der Waals surface area contributed by atoms with E-state index in [1.165, 1.54) is 37.3 Å². The van der Waals surface area contributed by atoms with Gasteiger partial charge >= 0.3 is 12.1 Å². The van der Waals surface area contributed by atoms with Crippen LogP contribution in [0.3, 0.4) is 0 Å². The van der Waals surface area contributed by atoms with Crippen LogP contribution < -0.4 is 4.74 Å². The Bertz CT molecular complexity index is 1330. The number of aromatic carboxylic acids is 1. The number of carbonyl (C=O) groups is 1. The summed E-state index contributed by atoms with van der Waals surface area (Å²) >= 11 is 6.37. The molecule has 1 aliphatic rings. The highest BCUT2D eigenvalue weighted by molar-refractivity contribution is 6.35. The van der Waals surface area contributed by atoms with E-state index in [1.54, 1.807) is 0 Å². The zero-order valence-electron chi connectivity index (χ0n) is 18.6. The van der Waals surface area contributed by atoms with Crippen molar-refractivity contribution in [3.63, 3.8) is 0 Å². The number of nitrogens with zero attached hydrogens (tertiary/aromatic N) is 1. The summed E-state index contributed by atoms with van der Waals surface area (Å²) < 4.78 is 81.5. The van der Waals surface area contributed by atoms with Crippen molar-refractivity contribution in [3.8, 4) is 5.75 Å². The molecule has 186 valence electrons. The molecule has 35 heavy (non-hydrogen) atoms. The van der Waals surface area contributed by atoms with Gasteiger partial charge in [-0.15, -0.1) is 0 Å². The van der Waals surface area contributed by atoms with Gasteiger partial charge in [0.15, 0.2) is 17.2 Å². The van der Waals surface area contributed by atoms with E-state index >= 15 is 0 Å². The van der Waals surface area contributed by atoms with Crippen LogP contribution in [0.1, 0.15) is 47.5 Å². The van der Waals surface area contributed by atoms with E-state index in [-0.39, 0.29) is 32.7 Å². The molecular weight excluding hydrogens is 497 g/mol. The van der Waals surface area contributed by atoms with E-state index in [1.807, 2.05) is 0 Å². The fourth-order valence-corrected chi connectivity index (χ4v) is 4.81. The third-order valence-corrected chi connectivity index (χ3v) is 6.94. The molecule has 4 atom stereocenters. The summed E-state index contributed by atoms with van der Waals surface area (Å²) in [6, 6.07) is 7.22. The van der Waals surface area contributed by atoms with Crippen LogP contribution >= 0.6 is 11.6 Å². The molecule has 1 saturated heterocycles. The Kier molecular flexibility index (Phi) is 6.17. The van der Waals surface area contributed by atoms with Crippen LogP contribution in [0.2, 0.25) is 5.02 Å². The van der Waals surface area contributed by atoms with Gasteiger partial charge in [0.05, 0.1) is 28.9 Å². The van der Waals surface area contributed by atoms with Crippen LogP contribution in [0.5, 0.6) is 5.75 Å². The number of benzene rings is 2. The first kappa shape index (κ1) is 25.1. The number of halogens is 6. The summed E-state index contributed by atoms with van der Waals surface area (Å²) in [5.41, 5.74) is -2.48. The first-order valence-electron chi connectivity index (χ1n) is 10.4. The van der Waals surface area contributed by atoms with Gasteiger partial charge in [-0.3, -0.25) is 0 Å². The van der Waals surface area contributed by atoms with Gasteiger partial charge in [0.1, 0.15) is 6.10 Å². The minimum absolute atomic E-state index is 0.0159. The van der Waals surface area contributed by atoms with E-state index in [0.717, 1.165) is 20.1 Å². The molecule has 1 aliphatic heterocycles. The molecule has 0 unspecified atom stereocenters. The molecular formula is C24H19ClF5NO4. The molecule has 1 fully saturated rings. The maximum absolute atomic E-state index is 14.5. The maximum Gasteiger partial charge on any atom is 0.417 e. The molecule has 2 heterocycles. The van der Waals surface area contributed by atoms with Crippen molar-refractivity contribution in [1.82, 2.24) is 4.98 Å². The number of rotatable bonds is 4. The third kappa shape index (κ3) is 3.98. The number of hydrogen-bond donors (Lipinski definition) is 1. The molecule has 11 heteroatoms. The quantitative estimate of drug-likeness (QED) is 0.392. The molecule has 2 aromatic carbocycles. The van der Waals surface area contributed by atoms with Crippen LogP contribution in [-0.4, -0.2) is 34.9 Å². The third-order valence-electron chi connectivity index (χ3n) is 6.63. The van der Waals surface area contributed by atoms with Crippen molar-refractivity contribution in [2.24, 2.45) is 5.92 Å². The first-order valence-corrected chi connectivity index (χ1v) is 10.8. The molecule has 5 nitrogen and oxygen atoms in total. The molecule has 4 rings (SSSR count). The summed E-state index contributed by atoms with van der Waals surface area (Å²) in [4.78, 5) is 15.7. The highest BCUT2D eigenvalue weighted by Gasteiger charge is 2.65. The van der Waals surface area contributed by atoms with Crippen LogP contribution in [0.15, 0.2) is 36.4 Å². The van der Waals surface area contributed by atoms with Gasteiger partial charge in [-0.2, -0.15) is 17.6 Å². The maximum atomic E-state index is 14.5. The number of carboxylic acids is 1. The van der Waals surface area contributed by atoms with Gasteiger partial charge in [-0.05, 0) is 37.3 Å². The largest absolute Gasteiger partial charge is 0.493 e. The lowest BCUT2D eigenvalue weighted by Gasteiger charge is -2.32. The van der Waals surface area contributed by atoms with E-state index in [2.05, 4.69) is 4.98 Å². The minimum atomic E-state index is -4.80. The lowest BCUT2D eigenvalue weighted by molar-refractivity contribution is -0.275. The summed E-state index contributed by atoms with van der Waals surface area (Å²) in [5, 5.41) is 9.54. The molecule has 1 aromatic heterocycles. The Balaban J connectivity index is 1.93. The summed E-state index contributed by atoms with van der Waals surface area (Å²) in [6.07, 6.45) is -6.17. The molecule has 0 amide bonds. The lowest BCUT2D eigenvalue weighted by Crippen LogP contribution is -2.46. The second-order valence-corrected chi connectivity index (χ2v) is 8.91. The fraction of sp³-hybridized carbons (Fsp3) is 0.333. The number of alkyl halides is 3. The summed E-state index contributed by atoms with van der Waals surface area (Å²) in [6.45, 7) is 2.19. The number of hydrogen-bond acceptors (Lipinski definition) is 4. The molecule has 0 radical (unpaired) electrons. The second-order valence-electron chi connectivity index (χ2n) is 8.51.